The summed E-state index contributed by atoms with van der Waals surface area (Å²) in [5.74, 6) is 0.648. The van der Waals surface area contributed by atoms with Crippen LogP contribution in [0, 0.1) is 6.92 Å². The van der Waals surface area contributed by atoms with Gasteiger partial charge in [0.05, 0.1) is 5.56 Å². The van der Waals surface area contributed by atoms with Gasteiger partial charge in [0.2, 0.25) is 0 Å². The van der Waals surface area contributed by atoms with Crippen molar-refractivity contribution in [3.8, 4) is 0 Å². The summed E-state index contributed by atoms with van der Waals surface area (Å²) < 4.78 is 27.3. The monoisotopic (exact) mass is 337 g/mol. The van der Waals surface area contributed by atoms with Crippen molar-refractivity contribution in [2.24, 2.45) is 0 Å². The Labute approximate surface area is 135 Å². The van der Waals surface area contributed by atoms with Crippen LogP contribution in [-0.2, 0) is 16.6 Å². The quantitative estimate of drug-likeness (QED) is 0.708. The average Bonchev–Trinajstić information content (AvgIpc) is 2.96. The predicted octanol–water partition coefficient (Wildman–Crippen LogP) is 0.315. The van der Waals surface area contributed by atoms with Crippen molar-refractivity contribution < 1.29 is 13.2 Å². The third-order valence-electron chi connectivity index (χ3n) is 3.33. The minimum atomic E-state index is -3.59. The average molecular weight is 337 g/mol. The van der Waals surface area contributed by atoms with Gasteiger partial charge >= 0.3 is 0 Å². The Morgan fingerprint density at radius 1 is 1.30 bits per heavy atom. The van der Waals surface area contributed by atoms with Crippen LogP contribution in [0.1, 0.15) is 22.6 Å². The van der Waals surface area contributed by atoms with Gasteiger partial charge in [-0.05, 0) is 32.5 Å². The summed E-state index contributed by atoms with van der Waals surface area (Å²) in [7, 11) is -2.29. The molecule has 0 atom stereocenters. The van der Waals surface area contributed by atoms with Gasteiger partial charge in [0.25, 0.3) is 15.9 Å². The second-order valence-corrected chi connectivity index (χ2v) is 6.70. The smallest absolute Gasteiger partial charge is 0.257 e. The van der Waals surface area contributed by atoms with Crippen LogP contribution in [0.2, 0.25) is 0 Å². The lowest BCUT2D eigenvalue weighted by Crippen LogP contribution is -2.26. The number of rotatable bonds is 7. The second-order valence-electron chi connectivity index (χ2n) is 4.87. The molecule has 0 saturated carbocycles. The second kappa shape index (κ2) is 7.34. The first kappa shape index (κ1) is 17.1. The first-order chi connectivity index (χ1) is 10.9. The van der Waals surface area contributed by atoms with E-state index in [1.165, 1.54) is 25.4 Å². The molecule has 8 nitrogen and oxygen atoms in total. The Hall–Kier alpha value is -2.26. The van der Waals surface area contributed by atoms with Crippen LogP contribution >= 0.6 is 0 Å². The number of carbonyl (C=O) groups excluding carboxylic acids is 1. The Kier molecular flexibility index (Phi) is 5.45. The number of hydrogen-bond donors (Lipinski definition) is 2. The summed E-state index contributed by atoms with van der Waals surface area (Å²) in [6.07, 6.45) is 5.64. The zero-order chi connectivity index (χ0) is 16.9. The number of nitrogens with zero attached hydrogens (tertiary/aromatic N) is 3. The van der Waals surface area contributed by atoms with Gasteiger partial charge in [-0.15, -0.1) is 0 Å². The number of imidazole rings is 1. The van der Waals surface area contributed by atoms with Crippen LogP contribution in [0.15, 0.2) is 35.7 Å². The number of sulfonamides is 1. The molecule has 0 spiro atoms. The van der Waals surface area contributed by atoms with Crippen molar-refractivity contribution >= 4 is 15.9 Å². The highest BCUT2D eigenvalue weighted by molar-refractivity contribution is 7.89. The molecule has 0 aromatic carbocycles. The summed E-state index contributed by atoms with van der Waals surface area (Å²) in [6, 6.07) is 2.74. The van der Waals surface area contributed by atoms with Gasteiger partial charge in [-0.1, -0.05) is 0 Å². The normalized spacial score (nSPS) is 11.4. The van der Waals surface area contributed by atoms with E-state index in [0.29, 0.717) is 12.1 Å². The first-order valence-electron chi connectivity index (χ1n) is 7.09. The van der Waals surface area contributed by atoms with Crippen molar-refractivity contribution in [2.75, 3.05) is 13.6 Å². The molecule has 0 aliphatic heterocycles. The molecule has 2 N–H and O–H groups in total. The van der Waals surface area contributed by atoms with Gasteiger partial charge in [0, 0.05) is 31.7 Å². The van der Waals surface area contributed by atoms with Crippen molar-refractivity contribution in [3.05, 3.63) is 42.1 Å². The molecule has 0 saturated heterocycles. The van der Waals surface area contributed by atoms with Gasteiger partial charge in [-0.3, -0.25) is 4.79 Å². The molecule has 2 heterocycles. The molecule has 0 bridgehead atoms. The SMILES string of the molecule is CNS(=O)(=O)c1ccc(C(=O)NCCCn2ccnc2C)cn1. The fourth-order valence-electron chi connectivity index (χ4n) is 1.97. The number of carbonyl (C=O) groups is 1. The molecule has 9 heteroatoms. The molecule has 2 aromatic heterocycles. The standard InChI is InChI=1S/C14H19N5O3S/c1-11-16-7-9-19(11)8-3-6-17-14(20)12-4-5-13(18-10-12)23(21,22)15-2/h4-5,7,9-10,15H,3,6,8H2,1-2H3,(H,17,20). The summed E-state index contributed by atoms with van der Waals surface area (Å²) in [6.45, 7) is 3.20. The fraction of sp³-hybridized carbons (Fsp3) is 0.357. The predicted molar refractivity (Wildman–Crippen MR) is 84.4 cm³/mol. The third kappa shape index (κ3) is 4.36. The lowest BCUT2D eigenvalue weighted by molar-refractivity contribution is 0.0952. The molecule has 0 fully saturated rings. The molecule has 0 radical (unpaired) electrons. The van der Waals surface area contributed by atoms with E-state index in [1.54, 1.807) is 6.20 Å². The first-order valence-corrected chi connectivity index (χ1v) is 8.58. The minimum Gasteiger partial charge on any atom is -0.352 e. The number of aromatic nitrogens is 3. The van der Waals surface area contributed by atoms with E-state index in [0.717, 1.165) is 18.8 Å². The third-order valence-corrected chi connectivity index (χ3v) is 4.66. The topological polar surface area (TPSA) is 106 Å². The van der Waals surface area contributed by atoms with E-state index >= 15 is 0 Å². The van der Waals surface area contributed by atoms with E-state index in [4.69, 9.17) is 0 Å². The highest BCUT2D eigenvalue weighted by atomic mass is 32.2. The maximum atomic E-state index is 12.0. The molecule has 0 aliphatic rings. The van der Waals surface area contributed by atoms with E-state index < -0.39 is 10.0 Å². The van der Waals surface area contributed by atoms with Crippen LogP contribution in [0.5, 0.6) is 0 Å². The fourth-order valence-corrected chi connectivity index (χ4v) is 2.62. The van der Waals surface area contributed by atoms with Crippen molar-refractivity contribution in [1.29, 1.82) is 0 Å². The molecule has 124 valence electrons. The van der Waals surface area contributed by atoms with E-state index in [2.05, 4.69) is 20.0 Å². The van der Waals surface area contributed by atoms with E-state index in [1.807, 2.05) is 17.7 Å². The van der Waals surface area contributed by atoms with Crippen molar-refractivity contribution in [2.45, 2.75) is 24.9 Å². The summed E-state index contributed by atoms with van der Waals surface area (Å²) in [5.41, 5.74) is 0.318. The molecule has 0 aliphatic carbocycles. The Morgan fingerprint density at radius 3 is 2.65 bits per heavy atom. The van der Waals surface area contributed by atoms with Crippen LogP contribution in [0.3, 0.4) is 0 Å². The number of pyridine rings is 1. The van der Waals surface area contributed by atoms with Crippen LogP contribution in [-0.4, -0.2) is 42.5 Å². The Morgan fingerprint density at radius 2 is 2.09 bits per heavy atom. The molecular formula is C14H19N5O3S. The van der Waals surface area contributed by atoms with Crippen LogP contribution in [0.25, 0.3) is 0 Å². The minimum absolute atomic E-state index is 0.118. The zero-order valence-corrected chi connectivity index (χ0v) is 13.8. The van der Waals surface area contributed by atoms with Crippen LogP contribution < -0.4 is 10.0 Å². The largest absolute Gasteiger partial charge is 0.352 e. The number of nitrogens with one attached hydrogen (secondary N) is 2. The lowest BCUT2D eigenvalue weighted by Gasteiger charge is -2.07. The molecule has 1 amide bonds. The highest BCUT2D eigenvalue weighted by Gasteiger charge is 2.14. The Balaban J connectivity index is 1.85. The maximum absolute atomic E-state index is 12.0. The molecule has 2 rings (SSSR count). The number of aryl methyl sites for hydroxylation is 2. The molecule has 2 aromatic rings. The van der Waals surface area contributed by atoms with E-state index in [-0.39, 0.29) is 10.9 Å². The molecular weight excluding hydrogens is 318 g/mol. The van der Waals surface area contributed by atoms with Gasteiger partial charge < -0.3 is 9.88 Å². The van der Waals surface area contributed by atoms with Gasteiger partial charge in [-0.2, -0.15) is 0 Å². The Bertz CT molecular complexity index is 768. The van der Waals surface area contributed by atoms with Gasteiger partial charge in [0.1, 0.15) is 5.82 Å². The molecule has 23 heavy (non-hydrogen) atoms. The van der Waals surface area contributed by atoms with Crippen LogP contribution in [0.4, 0.5) is 0 Å². The van der Waals surface area contributed by atoms with Crippen molar-refractivity contribution in [1.82, 2.24) is 24.6 Å². The molecule has 0 unspecified atom stereocenters. The summed E-state index contributed by atoms with van der Waals surface area (Å²) >= 11 is 0. The summed E-state index contributed by atoms with van der Waals surface area (Å²) in [4.78, 5) is 19.9. The van der Waals surface area contributed by atoms with Crippen molar-refractivity contribution in [3.63, 3.8) is 0 Å². The zero-order valence-electron chi connectivity index (χ0n) is 13.0. The van der Waals surface area contributed by atoms with Gasteiger partial charge in [0.15, 0.2) is 5.03 Å². The highest BCUT2D eigenvalue weighted by Crippen LogP contribution is 2.06. The van der Waals surface area contributed by atoms with Gasteiger partial charge in [-0.25, -0.2) is 23.1 Å². The summed E-state index contributed by atoms with van der Waals surface area (Å²) in [5, 5.41) is 2.66. The maximum Gasteiger partial charge on any atom is 0.257 e. The lowest BCUT2D eigenvalue weighted by atomic mass is 10.2. The number of amides is 1. The number of hydrogen-bond acceptors (Lipinski definition) is 5. The van der Waals surface area contributed by atoms with E-state index in [9.17, 15) is 13.2 Å².